The smallest absolute Gasteiger partial charge is 0.264 e. The molecule has 1 atom stereocenters. The van der Waals surface area contributed by atoms with E-state index >= 15 is 0 Å². The molecule has 0 spiro atoms. The first-order valence-electron chi connectivity index (χ1n) is 7.57. The Kier molecular flexibility index (Phi) is 3.88. The summed E-state index contributed by atoms with van der Waals surface area (Å²) in [6, 6.07) is 12.0. The number of rotatable bonds is 2. The maximum Gasteiger partial charge on any atom is 0.264 e. The second-order valence-electron chi connectivity index (χ2n) is 5.58. The molecule has 1 amide bonds. The highest BCUT2D eigenvalue weighted by molar-refractivity contribution is 7.26. The zero-order valence-electron chi connectivity index (χ0n) is 12.7. The normalized spacial score (nSPS) is 18.5. The molecule has 0 unspecified atom stereocenters. The minimum absolute atomic E-state index is 0.0949. The van der Waals surface area contributed by atoms with Crippen LogP contribution in [0, 0.1) is 0 Å². The number of amides is 1. The minimum Gasteiger partial charge on any atom is -0.375 e. The van der Waals surface area contributed by atoms with Crippen molar-refractivity contribution in [2.45, 2.75) is 13.0 Å². The quantitative estimate of drug-likeness (QED) is 0.708. The van der Waals surface area contributed by atoms with Crippen molar-refractivity contribution < 1.29 is 9.53 Å². The van der Waals surface area contributed by atoms with Crippen LogP contribution in [0.4, 0.5) is 0 Å². The number of carbonyl (C=O) groups is 1. The van der Waals surface area contributed by atoms with Crippen LogP contribution in [0.25, 0.3) is 20.1 Å². The Bertz CT molecular complexity index is 822. The SMILES string of the molecule is C[C@@H]1CN(C(=O)c2ccc(-c3nc4ccccc4s3)s2)CCO1. The molecule has 4 nitrogen and oxygen atoms in total. The van der Waals surface area contributed by atoms with E-state index in [-0.39, 0.29) is 12.0 Å². The number of aromatic nitrogens is 1. The highest BCUT2D eigenvalue weighted by Gasteiger charge is 2.24. The number of fused-ring (bicyclic) bond motifs is 1. The van der Waals surface area contributed by atoms with Crippen molar-refractivity contribution in [2.24, 2.45) is 0 Å². The number of nitrogens with zero attached hydrogens (tertiary/aromatic N) is 2. The molecule has 23 heavy (non-hydrogen) atoms. The Morgan fingerprint density at radius 2 is 2.13 bits per heavy atom. The third kappa shape index (κ3) is 2.89. The number of hydrogen-bond acceptors (Lipinski definition) is 5. The van der Waals surface area contributed by atoms with Crippen LogP contribution < -0.4 is 0 Å². The van der Waals surface area contributed by atoms with Crippen LogP contribution in [0.2, 0.25) is 0 Å². The lowest BCUT2D eigenvalue weighted by Crippen LogP contribution is -2.44. The summed E-state index contributed by atoms with van der Waals surface area (Å²) in [5.74, 6) is 0.0949. The Morgan fingerprint density at radius 3 is 2.96 bits per heavy atom. The second kappa shape index (κ2) is 6.03. The van der Waals surface area contributed by atoms with Crippen molar-refractivity contribution in [1.29, 1.82) is 0 Å². The first kappa shape index (κ1) is 14.8. The molecule has 0 saturated carbocycles. The molecule has 1 saturated heterocycles. The van der Waals surface area contributed by atoms with Gasteiger partial charge in [0, 0.05) is 13.1 Å². The molecule has 3 aromatic rings. The molecule has 0 N–H and O–H groups in total. The molecule has 1 aliphatic rings. The van der Waals surface area contributed by atoms with Gasteiger partial charge in [-0.2, -0.15) is 0 Å². The van der Waals surface area contributed by atoms with Crippen molar-refractivity contribution >= 4 is 38.8 Å². The van der Waals surface area contributed by atoms with Gasteiger partial charge in [-0.3, -0.25) is 4.79 Å². The van der Waals surface area contributed by atoms with E-state index < -0.39 is 0 Å². The summed E-state index contributed by atoms with van der Waals surface area (Å²) in [7, 11) is 0. The lowest BCUT2D eigenvalue weighted by Gasteiger charge is -2.30. The first-order chi connectivity index (χ1) is 11.2. The fourth-order valence-corrected chi connectivity index (χ4v) is 4.70. The van der Waals surface area contributed by atoms with Gasteiger partial charge >= 0.3 is 0 Å². The first-order valence-corrected chi connectivity index (χ1v) is 9.20. The molecule has 1 aliphatic heterocycles. The zero-order chi connectivity index (χ0) is 15.8. The van der Waals surface area contributed by atoms with E-state index in [1.807, 2.05) is 42.2 Å². The monoisotopic (exact) mass is 344 g/mol. The third-order valence-corrected chi connectivity index (χ3v) is 6.13. The fraction of sp³-hybridized carbons (Fsp3) is 0.294. The number of ether oxygens (including phenoxy) is 1. The summed E-state index contributed by atoms with van der Waals surface area (Å²) in [6.07, 6.45) is 0.108. The van der Waals surface area contributed by atoms with Crippen molar-refractivity contribution in [3.05, 3.63) is 41.3 Å². The molecule has 1 aromatic carbocycles. The Morgan fingerprint density at radius 1 is 1.26 bits per heavy atom. The standard InChI is InChI=1S/C17H16N2O2S2/c1-11-10-19(8-9-21-11)17(20)15-7-6-14(22-15)16-18-12-4-2-3-5-13(12)23-16/h2-7,11H,8-10H2,1H3/t11-/m1/s1. The topological polar surface area (TPSA) is 42.4 Å². The summed E-state index contributed by atoms with van der Waals surface area (Å²) in [4.78, 5) is 21.0. The van der Waals surface area contributed by atoms with Crippen LogP contribution in [0.1, 0.15) is 16.6 Å². The van der Waals surface area contributed by atoms with Gasteiger partial charge < -0.3 is 9.64 Å². The molecule has 0 radical (unpaired) electrons. The fourth-order valence-electron chi connectivity index (χ4n) is 2.70. The molecule has 1 fully saturated rings. The van der Waals surface area contributed by atoms with Gasteiger partial charge in [0.25, 0.3) is 5.91 Å². The van der Waals surface area contributed by atoms with E-state index in [0.29, 0.717) is 19.7 Å². The van der Waals surface area contributed by atoms with Gasteiger partial charge in [-0.15, -0.1) is 22.7 Å². The van der Waals surface area contributed by atoms with Gasteiger partial charge in [0.2, 0.25) is 0 Å². The number of benzene rings is 1. The Hall–Kier alpha value is -1.76. The van der Waals surface area contributed by atoms with E-state index in [9.17, 15) is 4.79 Å². The summed E-state index contributed by atoms with van der Waals surface area (Å²) < 4.78 is 6.68. The molecule has 0 bridgehead atoms. The van der Waals surface area contributed by atoms with Gasteiger partial charge in [0.15, 0.2) is 0 Å². The maximum absolute atomic E-state index is 12.6. The van der Waals surface area contributed by atoms with Crippen molar-refractivity contribution in [3.63, 3.8) is 0 Å². The van der Waals surface area contributed by atoms with E-state index in [1.165, 1.54) is 16.0 Å². The predicted octanol–water partition coefficient (Wildman–Crippen LogP) is 3.89. The maximum atomic E-state index is 12.6. The summed E-state index contributed by atoms with van der Waals surface area (Å²) in [5, 5.41) is 0.977. The van der Waals surface area contributed by atoms with Crippen LogP contribution in [-0.4, -0.2) is 41.6 Å². The van der Waals surface area contributed by atoms with E-state index in [2.05, 4.69) is 11.1 Å². The van der Waals surface area contributed by atoms with Crippen molar-refractivity contribution in [3.8, 4) is 9.88 Å². The van der Waals surface area contributed by atoms with Crippen LogP contribution in [-0.2, 0) is 4.74 Å². The number of para-hydroxylation sites is 1. The van der Waals surface area contributed by atoms with Gasteiger partial charge in [-0.1, -0.05) is 12.1 Å². The number of morpholine rings is 1. The average Bonchev–Trinajstić information content (AvgIpc) is 3.20. The Balaban J connectivity index is 1.59. The van der Waals surface area contributed by atoms with E-state index in [0.717, 1.165) is 20.3 Å². The molecule has 0 aliphatic carbocycles. The van der Waals surface area contributed by atoms with Crippen LogP contribution in [0.3, 0.4) is 0 Å². The number of thiazole rings is 1. The largest absolute Gasteiger partial charge is 0.375 e. The predicted molar refractivity (Wildman–Crippen MR) is 94.3 cm³/mol. The number of thiophene rings is 1. The van der Waals surface area contributed by atoms with Crippen molar-refractivity contribution in [1.82, 2.24) is 9.88 Å². The van der Waals surface area contributed by atoms with Crippen LogP contribution in [0.15, 0.2) is 36.4 Å². The van der Waals surface area contributed by atoms with Crippen LogP contribution in [0.5, 0.6) is 0 Å². The second-order valence-corrected chi connectivity index (χ2v) is 7.70. The lowest BCUT2D eigenvalue weighted by molar-refractivity contribution is -0.0122. The molecular formula is C17H16N2O2S2. The minimum atomic E-state index is 0.0949. The summed E-state index contributed by atoms with van der Waals surface area (Å²) in [6.45, 7) is 3.94. The lowest BCUT2D eigenvalue weighted by atomic mass is 10.3. The summed E-state index contributed by atoms with van der Waals surface area (Å²) >= 11 is 3.19. The van der Waals surface area contributed by atoms with Gasteiger partial charge in [0.1, 0.15) is 5.01 Å². The highest BCUT2D eigenvalue weighted by atomic mass is 32.1. The number of hydrogen-bond donors (Lipinski definition) is 0. The average molecular weight is 344 g/mol. The van der Waals surface area contributed by atoms with Gasteiger partial charge in [-0.05, 0) is 31.2 Å². The van der Waals surface area contributed by atoms with Gasteiger partial charge in [0.05, 0.1) is 32.7 Å². The molecular weight excluding hydrogens is 328 g/mol. The Labute approximate surface area is 142 Å². The van der Waals surface area contributed by atoms with E-state index in [4.69, 9.17) is 4.74 Å². The van der Waals surface area contributed by atoms with Crippen molar-refractivity contribution in [2.75, 3.05) is 19.7 Å². The highest BCUT2D eigenvalue weighted by Crippen LogP contribution is 2.34. The molecule has 4 rings (SSSR count). The van der Waals surface area contributed by atoms with Crippen LogP contribution >= 0.6 is 22.7 Å². The van der Waals surface area contributed by atoms with E-state index in [1.54, 1.807) is 11.3 Å². The third-order valence-electron chi connectivity index (χ3n) is 3.85. The molecule has 2 aromatic heterocycles. The zero-order valence-corrected chi connectivity index (χ0v) is 14.3. The molecule has 6 heteroatoms. The molecule has 3 heterocycles. The molecule has 118 valence electrons. The number of carbonyl (C=O) groups excluding carboxylic acids is 1. The summed E-state index contributed by atoms with van der Waals surface area (Å²) in [5.41, 5.74) is 1.01. The van der Waals surface area contributed by atoms with Gasteiger partial charge in [-0.25, -0.2) is 4.98 Å².